The van der Waals surface area contributed by atoms with Gasteiger partial charge in [-0.2, -0.15) is 11.8 Å². The summed E-state index contributed by atoms with van der Waals surface area (Å²) in [7, 11) is 0. The number of benzene rings is 1. The number of thiophene rings is 1. The average Bonchev–Trinajstić information content (AvgIpc) is 3.03. The summed E-state index contributed by atoms with van der Waals surface area (Å²) in [5.74, 6) is 0.835. The Labute approximate surface area is 124 Å². The van der Waals surface area contributed by atoms with Gasteiger partial charge in [0, 0.05) is 34.0 Å². The second-order valence-electron chi connectivity index (χ2n) is 4.77. The second kappa shape index (κ2) is 5.71. The molecule has 0 aliphatic carbocycles. The normalized spacial score (nSPS) is 18.8. The van der Waals surface area contributed by atoms with Crippen molar-refractivity contribution < 1.29 is 14.3 Å². The monoisotopic (exact) mass is 311 g/mol. The summed E-state index contributed by atoms with van der Waals surface area (Å²) in [6.07, 6.45) is 1.08. The third-order valence-electron chi connectivity index (χ3n) is 3.45. The maximum Gasteiger partial charge on any atom is 0.346 e. The first-order valence-corrected chi connectivity index (χ1v) is 8.38. The Hall–Kier alpha value is -1.11. The Balaban J connectivity index is 1.97. The number of rotatable bonds is 4. The van der Waals surface area contributed by atoms with Crippen molar-refractivity contribution in [3.8, 4) is 0 Å². The molecule has 0 spiro atoms. The van der Waals surface area contributed by atoms with Crippen molar-refractivity contribution in [1.29, 1.82) is 0 Å². The van der Waals surface area contributed by atoms with E-state index in [4.69, 9.17) is 0 Å². The van der Waals surface area contributed by atoms with Crippen LogP contribution in [0.5, 0.6) is 0 Å². The van der Waals surface area contributed by atoms with Crippen LogP contribution < -0.4 is 5.32 Å². The zero-order valence-corrected chi connectivity index (χ0v) is 12.3. The Morgan fingerprint density at radius 2 is 2.35 bits per heavy atom. The molecule has 1 saturated heterocycles. The van der Waals surface area contributed by atoms with Gasteiger partial charge in [-0.1, -0.05) is 6.07 Å². The minimum absolute atomic E-state index is 0.239. The molecule has 2 heterocycles. The smallest absolute Gasteiger partial charge is 0.346 e. The van der Waals surface area contributed by atoms with Crippen LogP contribution in [0.3, 0.4) is 0 Å². The molecule has 0 radical (unpaired) electrons. The summed E-state index contributed by atoms with van der Waals surface area (Å²) in [5.41, 5.74) is 0.576. The molecular formula is C14H14FNO2S2. The van der Waals surface area contributed by atoms with E-state index < -0.39 is 5.97 Å². The van der Waals surface area contributed by atoms with E-state index >= 15 is 0 Å². The summed E-state index contributed by atoms with van der Waals surface area (Å²) < 4.78 is 14.7. The van der Waals surface area contributed by atoms with E-state index in [2.05, 4.69) is 5.32 Å². The minimum Gasteiger partial charge on any atom is -0.477 e. The molecule has 6 heteroatoms. The van der Waals surface area contributed by atoms with E-state index in [1.165, 1.54) is 6.07 Å². The lowest BCUT2D eigenvalue weighted by molar-refractivity contribution is 0.0701. The first kappa shape index (κ1) is 13.9. The maximum absolute atomic E-state index is 14.0. The molecule has 3 rings (SSSR count). The number of halogens is 1. The fourth-order valence-corrected chi connectivity index (χ4v) is 4.71. The number of carboxylic acid groups (broad SMARTS) is 1. The van der Waals surface area contributed by atoms with Crippen molar-refractivity contribution in [2.24, 2.45) is 0 Å². The van der Waals surface area contributed by atoms with Crippen LogP contribution in [0.25, 0.3) is 10.1 Å². The fraction of sp³-hybridized carbons (Fsp3) is 0.357. The second-order valence-corrected chi connectivity index (χ2v) is 6.97. The van der Waals surface area contributed by atoms with Crippen LogP contribution in [0, 0.1) is 5.82 Å². The molecule has 3 nitrogen and oxygen atoms in total. The largest absolute Gasteiger partial charge is 0.477 e. The number of thioether (sulfide) groups is 1. The molecule has 1 fully saturated rings. The molecule has 0 amide bonds. The molecule has 20 heavy (non-hydrogen) atoms. The highest BCUT2D eigenvalue weighted by Gasteiger charge is 2.22. The average molecular weight is 311 g/mol. The van der Waals surface area contributed by atoms with Gasteiger partial charge < -0.3 is 10.4 Å². The number of nitrogens with one attached hydrogen (secondary N) is 1. The molecule has 1 aliphatic rings. The van der Waals surface area contributed by atoms with E-state index in [-0.39, 0.29) is 10.7 Å². The van der Waals surface area contributed by atoms with Crippen molar-refractivity contribution in [1.82, 2.24) is 5.32 Å². The molecule has 1 aliphatic heterocycles. The zero-order chi connectivity index (χ0) is 14.1. The highest BCUT2D eigenvalue weighted by molar-refractivity contribution is 7.99. The number of carbonyl (C=O) groups is 1. The van der Waals surface area contributed by atoms with Crippen LogP contribution >= 0.6 is 23.1 Å². The molecule has 2 aromatic rings. The van der Waals surface area contributed by atoms with Crippen molar-refractivity contribution in [3.05, 3.63) is 34.5 Å². The molecule has 0 saturated carbocycles. The lowest BCUT2D eigenvalue weighted by atomic mass is 10.1. The minimum atomic E-state index is -0.983. The Morgan fingerprint density at radius 1 is 1.50 bits per heavy atom. The van der Waals surface area contributed by atoms with E-state index in [9.17, 15) is 14.3 Å². The number of aromatic carboxylic acids is 1. The topological polar surface area (TPSA) is 49.3 Å². The highest BCUT2D eigenvalue weighted by Crippen LogP contribution is 2.33. The van der Waals surface area contributed by atoms with Gasteiger partial charge >= 0.3 is 5.97 Å². The zero-order valence-electron chi connectivity index (χ0n) is 10.7. The molecular weight excluding hydrogens is 297 g/mol. The SMILES string of the molecule is O=C(O)c1sc2cccc(F)c2c1CNC1CCSC1. The molecule has 1 aromatic heterocycles. The lowest BCUT2D eigenvalue weighted by Crippen LogP contribution is -2.28. The van der Waals surface area contributed by atoms with Crippen LogP contribution in [0.15, 0.2) is 18.2 Å². The van der Waals surface area contributed by atoms with E-state index in [1.54, 1.807) is 12.1 Å². The summed E-state index contributed by atoms with van der Waals surface area (Å²) in [5, 5.41) is 13.1. The van der Waals surface area contributed by atoms with Crippen LogP contribution in [-0.2, 0) is 6.54 Å². The maximum atomic E-state index is 14.0. The number of hydrogen-bond donors (Lipinski definition) is 2. The van der Waals surface area contributed by atoms with Gasteiger partial charge in [0.15, 0.2) is 0 Å². The Kier molecular flexibility index (Phi) is 3.96. The third-order valence-corrected chi connectivity index (χ3v) is 5.80. The van der Waals surface area contributed by atoms with E-state index in [0.717, 1.165) is 29.3 Å². The van der Waals surface area contributed by atoms with Gasteiger partial charge in [-0.15, -0.1) is 11.3 Å². The van der Waals surface area contributed by atoms with Gasteiger partial charge in [-0.05, 0) is 24.3 Å². The van der Waals surface area contributed by atoms with Crippen molar-refractivity contribution >= 4 is 39.2 Å². The summed E-state index contributed by atoms with van der Waals surface area (Å²) in [6, 6.07) is 5.16. The summed E-state index contributed by atoms with van der Waals surface area (Å²) >= 11 is 3.03. The van der Waals surface area contributed by atoms with Gasteiger partial charge in [-0.25, -0.2) is 9.18 Å². The summed E-state index contributed by atoms with van der Waals surface area (Å²) in [4.78, 5) is 11.6. The third kappa shape index (κ3) is 2.55. The van der Waals surface area contributed by atoms with Crippen molar-refractivity contribution in [3.63, 3.8) is 0 Å². The van der Waals surface area contributed by atoms with Gasteiger partial charge in [0.2, 0.25) is 0 Å². The number of hydrogen-bond acceptors (Lipinski definition) is 4. The molecule has 1 atom stereocenters. The number of carboxylic acids is 1. The predicted octanol–water partition coefficient (Wildman–Crippen LogP) is 3.33. The molecule has 1 aromatic carbocycles. The first-order chi connectivity index (χ1) is 9.66. The Bertz CT molecular complexity index is 650. The van der Waals surface area contributed by atoms with Crippen molar-refractivity contribution in [2.75, 3.05) is 11.5 Å². The molecule has 106 valence electrons. The van der Waals surface area contributed by atoms with Gasteiger partial charge in [0.25, 0.3) is 0 Å². The Morgan fingerprint density at radius 3 is 3.05 bits per heavy atom. The van der Waals surface area contributed by atoms with E-state index in [1.807, 2.05) is 11.8 Å². The predicted molar refractivity (Wildman–Crippen MR) is 81.3 cm³/mol. The van der Waals surface area contributed by atoms with Gasteiger partial charge in [0.05, 0.1) is 0 Å². The van der Waals surface area contributed by atoms with Gasteiger partial charge in [-0.3, -0.25) is 0 Å². The van der Waals surface area contributed by atoms with Crippen molar-refractivity contribution in [2.45, 2.75) is 19.0 Å². The van der Waals surface area contributed by atoms with Crippen LogP contribution in [0.4, 0.5) is 4.39 Å². The summed E-state index contributed by atoms with van der Waals surface area (Å²) in [6.45, 7) is 0.411. The molecule has 2 N–H and O–H groups in total. The fourth-order valence-electron chi connectivity index (χ4n) is 2.45. The quantitative estimate of drug-likeness (QED) is 0.909. The molecule has 1 unspecified atom stereocenters. The van der Waals surface area contributed by atoms with E-state index in [0.29, 0.717) is 28.2 Å². The van der Waals surface area contributed by atoms with Crippen LogP contribution in [0.1, 0.15) is 21.7 Å². The lowest BCUT2D eigenvalue weighted by Gasteiger charge is -2.11. The molecule has 0 bridgehead atoms. The highest BCUT2D eigenvalue weighted by atomic mass is 32.2. The number of fused-ring (bicyclic) bond motifs is 1. The van der Waals surface area contributed by atoms with Crippen LogP contribution in [-0.4, -0.2) is 28.6 Å². The first-order valence-electron chi connectivity index (χ1n) is 6.41. The van der Waals surface area contributed by atoms with Crippen LogP contribution in [0.2, 0.25) is 0 Å². The standard InChI is InChI=1S/C14H14FNO2S2/c15-10-2-1-3-11-12(10)9(13(20-11)14(17)18)6-16-8-4-5-19-7-8/h1-3,8,16H,4-7H2,(H,17,18). The van der Waals surface area contributed by atoms with Gasteiger partial charge in [0.1, 0.15) is 10.7 Å².